The third-order valence-electron chi connectivity index (χ3n) is 3.67. The van der Waals surface area contributed by atoms with Gasteiger partial charge in [0.05, 0.1) is 11.4 Å². The molecular weight excluding hydrogens is 257 g/mol. The van der Waals surface area contributed by atoms with E-state index in [2.05, 4.69) is 10.00 Å². The SMILES string of the molecule is Cn1nccc1COc1ccc(F)cc1N1CCCC1. The number of hydrogen-bond acceptors (Lipinski definition) is 3. The number of nitrogens with zero attached hydrogens (tertiary/aromatic N) is 3. The highest BCUT2D eigenvalue weighted by Crippen LogP contribution is 2.32. The molecule has 1 aliphatic rings. The maximum absolute atomic E-state index is 13.5. The molecule has 0 atom stereocenters. The maximum Gasteiger partial charge on any atom is 0.143 e. The molecule has 2 aromatic rings. The summed E-state index contributed by atoms with van der Waals surface area (Å²) in [5.41, 5.74) is 1.84. The van der Waals surface area contributed by atoms with Crippen molar-refractivity contribution in [1.82, 2.24) is 9.78 Å². The van der Waals surface area contributed by atoms with Crippen molar-refractivity contribution in [1.29, 1.82) is 0 Å². The minimum Gasteiger partial charge on any atom is -0.485 e. The molecule has 1 aromatic carbocycles. The molecule has 0 spiro atoms. The van der Waals surface area contributed by atoms with E-state index in [4.69, 9.17) is 4.74 Å². The van der Waals surface area contributed by atoms with Gasteiger partial charge in [0.25, 0.3) is 0 Å². The summed E-state index contributed by atoms with van der Waals surface area (Å²) in [6, 6.07) is 6.63. The van der Waals surface area contributed by atoms with Gasteiger partial charge in [-0.1, -0.05) is 0 Å². The van der Waals surface area contributed by atoms with E-state index in [9.17, 15) is 4.39 Å². The van der Waals surface area contributed by atoms with E-state index in [1.807, 2.05) is 13.1 Å². The van der Waals surface area contributed by atoms with Crippen molar-refractivity contribution < 1.29 is 9.13 Å². The molecule has 0 amide bonds. The van der Waals surface area contributed by atoms with Crippen LogP contribution >= 0.6 is 0 Å². The van der Waals surface area contributed by atoms with Crippen molar-refractivity contribution in [2.24, 2.45) is 7.05 Å². The number of benzene rings is 1. The number of rotatable bonds is 4. The van der Waals surface area contributed by atoms with E-state index >= 15 is 0 Å². The fraction of sp³-hybridized carbons (Fsp3) is 0.400. The molecule has 2 heterocycles. The quantitative estimate of drug-likeness (QED) is 0.859. The molecule has 0 bridgehead atoms. The van der Waals surface area contributed by atoms with Gasteiger partial charge in [-0.15, -0.1) is 0 Å². The van der Waals surface area contributed by atoms with Crippen molar-refractivity contribution in [3.8, 4) is 5.75 Å². The molecule has 3 rings (SSSR count). The summed E-state index contributed by atoms with van der Waals surface area (Å²) in [4.78, 5) is 2.18. The van der Waals surface area contributed by atoms with Crippen LogP contribution in [0.5, 0.6) is 5.75 Å². The zero-order valence-electron chi connectivity index (χ0n) is 11.6. The van der Waals surface area contributed by atoms with E-state index in [0.717, 1.165) is 43.1 Å². The van der Waals surface area contributed by atoms with Crippen molar-refractivity contribution >= 4 is 5.69 Å². The molecule has 20 heavy (non-hydrogen) atoms. The molecule has 4 nitrogen and oxygen atoms in total. The molecular formula is C15H18FN3O. The fourth-order valence-corrected chi connectivity index (χ4v) is 2.51. The van der Waals surface area contributed by atoms with E-state index < -0.39 is 0 Å². The van der Waals surface area contributed by atoms with Crippen molar-refractivity contribution in [2.75, 3.05) is 18.0 Å². The molecule has 0 aliphatic carbocycles. The number of hydrogen-bond donors (Lipinski definition) is 0. The zero-order valence-corrected chi connectivity index (χ0v) is 11.6. The average Bonchev–Trinajstić information content (AvgIpc) is 3.09. The summed E-state index contributed by atoms with van der Waals surface area (Å²) in [5.74, 6) is 0.509. The van der Waals surface area contributed by atoms with E-state index in [1.165, 1.54) is 6.07 Å². The van der Waals surface area contributed by atoms with Gasteiger partial charge < -0.3 is 9.64 Å². The van der Waals surface area contributed by atoms with Gasteiger partial charge in [0.1, 0.15) is 18.2 Å². The normalized spacial score (nSPS) is 14.8. The third-order valence-corrected chi connectivity index (χ3v) is 3.67. The van der Waals surface area contributed by atoms with Crippen molar-refractivity contribution in [3.63, 3.8) is 0 Å². The summed E-state index contributed by atoms with van der Waals surface area (Å²) in [7, 11) is 1.88. The summed E-state index contributed by atoms with van der Waals surface area (Å²) in [6.45, 7) is 2.36. The van der Waals surface area contributed by atoms with E-state index in [-0.39, 0.29) is 5.82 Å². The molecule has 0 unspecified atom stereocenters. The lowest BCUT2D eigenvalue weighted by molar-refractivity contribution is 0.295. The highest BCUT2D eigenvalue weighted by Gasteiger charge is 2.17. The standard InChI is InChI=1S/C15H18FN3O/c1-18-13(6-7-17-18)11-20-15-5-4-12(16)10-14(15)19-8-2-3-9-19/h4-7,10H,2-3,8-9,11H2,1H3. The molecule has 0 radical (unpaired) electrons. The third kappa shape index (κ3) is 2.61. The molecule has 106 valence electrons. The highest BCUT2D eigenvalue weighted by atomic mass is 19.1. The van der Waals surface area contributed by atoms with Crippen LogP contribution in [-0.2, 0) is 13.7 Å². The van der Waals surface area contributed by atoms with Crippen LogP contribution in [0.2, 0.25) is 0 Å². The van der Waals surface area contributed by atoms with Gasteiger partial charge in [-0.25, -0.2) is 4.39 Å². The summed E-state index contributed by atoms with van der Waals surface area (Å²) < 4.78 is 21.1. The Labute approximate surface area is 117 Å². The van der Waals surface area contributed by atoms with Crippen LogP contribution in [0.3, 0.4) is 0 Å². The van der Waals surface area contributed by atoms with Crippen molar-refractivity contribution in [2.45, 2.75) is 19.4 Å². The Morgan fingerprint density at radius 1 is 1.25 bits per heavy atom. The van der Waals surface area contributed by atoms with E-state index in [0.29, 0.717) is 6.61 Å². The van der Waals surface area contributed by atoms with Crippen LogP contribution in [-0.4, -0.2) is 22.9 Å². The maximum atomic E-state index is 13.5. The number of halogens is 1. The lowest BCUT2D eigenvalue weighted by atomic mass is 10.2. The predicted molar refractivity (Wildman–Crippen MR) is 75.4 cm³/mol. The second-order valence-electron chi connectivity index (χ2n) is 5.04. The molecule has 0 N–H and O–H groups in total. The molecule has 1 aliphatic heterocycles. The van der Waals surface area contributed by atoms with Gasteiger partial charge in [0.2, 0.25) is 0 Å². The van der Waals surface area contributed by atoms with Crippen LogP contribution in [0.4, 0.5) is 10.1 Å². The second kappa shape index (κ2) is 5.53. The van der Waals surface area contributed by atoms with Gasteiger partial charge in [0.15, 0.2) is 0 Å². The average molecular weight is 275 g/mol. The Kier molecular flexibility index (Phi) is 3.58. The number of anilines is 1. The topological polar surface area (TPSA) is 30.3 Å². The summed E-state index contributed by atoms with van der Waals surface area (Å²) in [6.07, 6.45) is 4.04. The number of aromatic nitrogens is 2. The van der Waals surface area contributed by atoms with Crippen molar-refractivity contribution in [3.05, 3.63) is 42.0 Å². The monoisotopic (exact) mass is 275 g/mol. The Morgan fingerprint density at radius 3 is 2.75 bits per heavy atom. The number of ether oxygens (including phenoxy) is 1. The van der Waals surface area contributed by atoms with Crippen LogP contribution in [0.15, 0.2) is 30.5 Å². The van der Waals surface area contributed by atoms with Crippen LogP contribution in [0, 0.1) is 5.82 Å². The minimum atomic E-state index is -0.222. The molecule has 5 heteroatoms. The largest absolute Gasteiger partial charge is 0.485 e. The fourth-order valence-electron chi connectivity index (χ4n) is 2.51. The smallest absolute Gasteiger partial charge is 0.143 e. The zero-order chi connectivity index (χ0) is 13.9. The highest BCUT2D eigenvalue weighted by molar-refractivity contribution is 5.59. The van der Waals surface area contributed by atoms with Gasteiger partial charge in [-0.05, 0) is 31.0 Å². The minimum absolute atomic E-state index is 0.222. The lowest BCUT2D eigenvalue weighted by Crippen LogP contribution is -2.19. The molecule has 1 fully saturated rings. The van der Waals surface area contributed by atoms with Crippen LogP contribution < -0.4 is 9.64 Å². The first-order valence-electron chi connectivity index (χ1n) is 6.88. The molecule has 0 saturated carbocycles. The molecule has 1 aromatic heterocycles. The van der Waals surface area contributed by atoms with Gasteiger partial charge in [0, 0.05) is 32.4 Å². The first-order valence-corrected chi connectivity index (χ1v) is 6.88. The lowest BCUT2D eigenvalue weighted by Gasteiger charge is -2.21. The Morgan fingerprint density at radius 2 is 2.05 bits per heavy atom. The molecule has 1 saturated heterocycles. The first-order chi connectivity index (χ1) is 9.74. The Hall–Kier alpha value is -2.04. The summed E-state index contributed by atoms with van der Waals surface area (Å²) in [5, 5.41) is 4.11. The van der Waals surface area contributed by atoms with Crippen LogP contribution in [0.1, 0.15) is 18.5 Å². The van der Waals surface area contributed by atoms with Crippen LogP contribution in [0.25, 0.3) is 0 Å². The first kappa shape index (κ1) is 13.0. The van der Waals surface area contributed by atoms with E-state index in [1.54, 1.807) is 23.0 Å². The predicted octanol–water partition coefficient (Wildman–Crippen LogP) is 2.74. The Balaban J connectivity index is 1.79. The van der Waals surface area contributed by atoms with Gasteiger partial charge in [-0.2, -0.15) is 5.10 Å². The second-order valence-corrected chi connectivity index (χ2v) is 5.04. The van der Waals surface area contributed by atoms with Gasteiger partial charge >= 0.3 is 0 Å². The Bertz CT molecular complexity index is 591. The van der Waals surface area contributed by atoms with Gasteiger partial charge in [-0.3, -0.25) is 4.68 Å². The summed E-state index contributed by atoms with van der Waals surface area (Å²) >= 11 is 0. The number of aryl methyl sites for hydroxylation is 1.